The van der Waals surface area contributed by atoms with Gasteiger partial charge in [-0.2, -0.15) is 5.26 Å². The molecule has 0 aliphatic heterocycles. The Balaban J connectivity index is 0.00000400. The maximum absolute atomic E-state index is 13.5. The van der Waals surface area contributed by atoms with Crippen molar-refractivity contribution in [3.8, 4) is 6.07 Å². The number of nitriles is 1. The number of hydrogen-bond acceptors (Lipinski definition) is 8. The van der Waals surface area contributed by atoms with Gasteiger partial charge in [0.15, 0.2) is 0 Å². The van der Waals surface area contributed by atoms with E-state index in [1.807, 2.05) is 41.5 Å². The molecule has 11 nitrogen and oxygen atoms in total. The van der Waals surface area contributed by atoms with Gasteiger partial charge in [0.05, 0.1) is 33.1 Å². The molecule has 0 aliphatic rings. The Labute approximate surface area is 232 Å². The second kappa shape index (κ2) is 10.3. The van der Waals surface area contributed by atoms with Gasteiger partial charge in [0, 0.05) is 22.4 Å². The minimum Gasteiger partial charge on any atom is -0.377 e. The molecule has 0 bridgehead atoms. The second-order valence-corrected chi connectivity index (χ2v) is 12.2. The van der Waals surface area contributed by atoms with Gasteiger partial charge in [-0.05, 0) is 30.8 Å². The number of para-hydroxylation sites is 1. The summed E-state index contributed by atoms with van der Waals surface area (Å²) in [7, 11) is -2.62. The first-order valence-electron chi connectivity index (χ1n) is 11.5. The maximum Gasteiger partial charge on any atom is 2.00 e. The summed E-state index contributed by atoms with van der Waals surface area (Å²) in [6.45, 7) is 11.5. The fourth-order valence-electron chi connectivity index (χ4n) is 3.75. The van der Waals surface area contributed by atoms with Crippen LogP contribution in [0.5, 0.6) is 0 Å². The molecule has 38 heavy (non-hydrogen) atoms. The number of nitrogens with zero attached hydrogens (tertiary/aromatic N) is 9. The smallest absolute Gasteiger partial charge is 0.377 e. The number of fused-ring (bicyclic) bond motifs is 1. The third kappa shape index (κ3) is 5.47. The van der Waals surface area contributed by atoms with Gasteiger partial charge < -0.3 is 19.6 Å². The van der Waals surface area contributed by atoms with Gasteiger partial charge >= 0.3 is 16.8 Å². The molecule has 0 amide bonds. The first-order valence-corrected chi connectivity index (χ1v) is 12.9. The van der Waals surface area contributed by atoms with Crippen LogP contribution in [0.1, 0.15) is 58.5 Å². The van der Waals surface area contributed by atoms with Crippen molar-refractivity contribution in [2.75, 3.05) is 0 Å². The van der Waals surface area contributed by atoms with Crippen LogP contribution < -0.4 is 5.10 Å². The molecule has 0 fully saturated rings. The van der Waals surface area contributed by atoms with E-state index in [1.165, 1.54) is 16.9 Å². The van der Waals surface area contributed by atoms with E-state index in [9.17, 15) is 13.7 Å². The van der Waals surface area contributed by atoms with Crippen LogP contribution in [0.25, 0.3) is 15.6 Å². The molecule has 0 unspecified atom stereocenters. The Morgan fingerprint density at radius 2 is 1.68 bits per heavy atom. The number of rotatable bonds is 5. The van der Waals surface area contributed by atoms with Crippen LogP contribution in [0.15, 0.2) is 51.7 Å². The maximum atomic E-state index is 13.5. The molecule has 0 spiro atoms. The molecule has 3 aromatic heterocycles. The molecule has 4 aromatic rings. The third-order valence-corrected chi connectivity index (χ3v) is 6.85. The Bertz CT molecular complexity index is 1660. The Hall–Kier alpha value is -3.60. The number of hydrogen-bond donors (Lipinski definition) is 0. The van der Waals surface area contributed by atoms with Crippen molar-refractivity contribution in [2.24, 2.45) is 17.3 Å². The molecule has 199 valence electrons. The summed E-state index contributed by atoms with van der Waals surface area (Å²) in [5.41, 5.74) is 0.742. The summed E-state index contributed by atoms with van der Waals surface area (Å²) < 4.78 is 32.4. The largest absolute Gasteiger partial charge is 2.00 e. The minimum absolute atomic E-state index is 0. The Morgan fingerprint density at radius 3 is 2.32 bits per heavy atom. The zero-order valence-corrected chi connectivity index (χ0v) is 23.9. The van der Waals surface area contributed by atoms with Gasteiger partial charge in [0.1, 0.15) is 6.07 Å². The predicted octanol–water partition coefficient (Wildman–Crippen LogP) is 5.59. The van der Waals surface area contributed by atoms with Gasteiger partial charge in [-0.1, -0.05) is 59.7 Å². The van der Waals surface area contributed by atoms with E-state index in [0.29, 0.717) is 22.3 Å². The van der Waals surface area contributed by atoms with Crippen molar-refractivity contribution in [2.45, 2.75) is 57.3 Å². The van der Waals surface area contributed by atoms with Crippen LogP contribution in [-0.4, -0.2) is 28.3 Å². The number of aromatic nitrogens is 5. The van der Waals surface area contributed by atoms with E-state index in [-0.39, 0.29) is 44.6 Å². The number of benzene rings is 1. The monoisotopic (exact) mass is 576 g/mol. The van der Waals surface area contributed by atoms with E-state index >= 15 is 0 Å². The van der Waals surface area contributed by atoms with Gasteiger partial charge in [0.25, 0.3) is 0 Å². The van der Waals surface area contributed by atoms with E-state index in [2.05, 4.69) is 41.3 Å². The Morgan fingerprint density at radius 1 is 1.03 bits per heavy atom. The molecule has 13 heteroatoms. The molecule has 3 heterocycles. The normalized spacial score (nSPS) is 12.5. The number of sulfonamides is 1. The van der Waals surface area contributed by atoms with Crippen LogP contribution >= 0.6 is 0 Å². The van der Waals surface area contributed by atoms with Gasteiger partial charge in [-0.3, -0.25) is 20.3 Å². The van der Waals surface area contributed by atoms with Crippen molar-refractivity contribution in [1.82, 2.24) is 25.0 Å². The first-order chi connectivity index (χ1) is 17.2. The van der Waals surface area contributed by atoms with Gasteiger partial charge in [-0.15, -0.1) is 0 Å². The molecule has 4 rings (SSSR count). The van der Waals surface area contributed by atoms with Gasteiger partial charge in [-0.25, -0.2) is 8.42 Å². The van der Waals surface area contributed by atoms with Crippen LogP contribution in [0.2, 0.25) is 0 Å². The Kier molecular flexibility index (Phi) is 7.83. The summed E-state index contributed by atoms with van der Waals surface area (Å²) in [6, 6.07) is 10.5. The molecule has 0 saturated heterocycles. The van der Waals surface area contributed by atoms with Crippen molar-refractivity contribution < 1.29 is 25.2 Å². The van der Waals surface area contributed by atoms with Crippen LogP contribution in [0.4, 0.5) is 17.3 Å². The summed E-state index contributed by atoms with van der Waals surface area (Å²) in [4.78, 5) is 4.21. The molecular formula is C25H27CoN9O2S. The van der Waals surface area contributed by atoms with Crippen molar-refractivity contribution >= 4 is 38.2 Å². The molecule has 0 atom stereocenters. The second-order valence-electron chi connectivity index (χ2n) is 10.6. The van der Waals surface area contributed by atoms with Crippen LogP contribution in [0.3, 0.4) is 0 Å². The fraction of sp³-hybridized carbons (Fsp3) is 0.360. The molecule has 1 radical (unpaired) electrons. The summed E-state index contributed by atoms with van der Waals surface area (Å²) in [5.74, 6) is 0.0406. The van der Waals surface area contributed by atoms with Crippen LogP contribution in [-0.2, 0) is 44.7 Å². The minimum atomic E-state index is -4.21. The van der Waals surface area contributed by atoms with E-state index < -0.39 is 20.9 Å². The number of pyridine rings is 1. The third-order valence-electron chi connectivity index (χ3n) is 5.56. The first kappa shape index (κ1) is 29.0. The SMILES string of the molecule is Cn1nc(C(C)(C)C)c(N=Nc2[n-]nc(C(C)(C)C)c2C#N)c1[N-]S(=O)(=O)c1cccc2cccnc12.[Co+2]. The predicted molar refractivity (Wildman–Crippen MR) is 139 cm³/mol. The van der Waals surface area contributed by atoms with E-state index in [1.54, 1.807) is 31.3 Å². The molecule has 0 aliphatic carbocycles. The summed E-state index contributed by atoms with van der Waals surface area (Å²) in [5, 5.41) is 31.6. The topological polar surface area (TPSA) is 154 Å². The zero-order valence-electron chi connectivity index (χ0n) is 22.0. The van der Waals surface area contributed by atoms with E-state index in [4.69, 9.17) is 0 Å². The standard InChI is InChI=1S/C25H27N9O2S.Co/c1-24(2,3)20-16(14-26)22(31-29-20)30-28-19-21(25(4,5)6)32-34(7)23(19)33-37(35,36)17-12-8-10-15-11-9-13-27-18(15)17;/h8-13H,1-7H3;/q-2;+2. The number of aryl methyl sites for hydroxylation is 1. The zero-order chi connectivity index (χ0) is 27.2. The van der Waals surface area contributed by atoms with Gasteiger partial charge in [0.2, 0.25) is 10.0 Å². The molecular weight excluding hydrogens is 549 g/mol. The average molecular weight is 577 g/mol. The van der Waals surface area contributed by atoms with E-state index in [0.717, 1.165) is 0 Å². The fourth-order valence-corrected chi connectivity index (χ4v) is 4.95. The average Bonchev–Trinajstić information content (AvgIpc) is 3.37. The quantitative estimate of drug-likeness (QED) is 0.280. The number of azo groups is 1. The van der Waals surface area contributed by atoms with Crippen molar-refractivity contribution in [1.29, 1.82) is 5.26 Å². The summed E-state index contributed by atoms with van der Waals surface area (Å²) >= 11 is 0. The molecule has 0 saturated carbocycles. The van der Waals surface area contributed by atoms with Crippen molar-refractivity contribution in [3.05, 3.63) is 58.2 Å². The van der Waals surface area contributed by atoms with Crippen LogP contribution in [0, 0.1) is 11.3 Å². The van der Waals surface area contributed by atoms with Crippen molar-refractivity contribution in [3.63, 3.8) is 0 Å². The summed E-state index contributed by atoms with van der Waals surface area (Å²) in [6.07, 6.45) is 1.53. The molecule has 0 N–H and O–H groups in total. The molecule has 1 aromatic carbocycles.